The van der Waals surface area contributed by atoms with Crippen molar-refractivity contribution in [3.63, 3.8) is 0 Å². The summed E-state index contributed by atoms with van der Waals surface area (Å²) < 4.78 is 0. The quantitative estimate of drug-likeness (QED) is 0.833. The van der Waals surface area contributed by atoms with Gasteiger partial charge in [-0.3, -0.25) is 4.98 Å². The van der Waals surface area contributed by atoms with E-state index in [1.165, 1.54) is 32.1 Å². The maximum Gasteiger partial charge on any atom is 0.0621 e. The van der Waals surface area contributed by atoms with Gasteiger partial charge in [-0.2, -0.15) is 0 Å². The zero-order valence-corrected chi connectivity index (χ0v) is 12.6. The van der Waals surface area contributed by atoms with Gasteiger partial charge in [0.05, 0.1) is 5.02 Å². The molecule has 0 radical (unpaired) electrons. The van der Waals surface area contributed by atoms with E-state index in [2.05, 4.69) is 11.9 Å². The fraction of sp³-hybridized carbons (Fsp3) is 0.688. The first-order valence-electron chi connectivity index (χ1n) is 7.50. The minimum atomic E-state index is -0.0759. The van der Waals surface area contributed by atoms with Gasteiger partial charge in [0.15, 0.2) is 0 Å². The minimum absolute atomic E-state index is 0.0759. The van der Waals surface area contributed by atoms with E-state index in [0.717, 1.165) is 35.8 Å². The van der Waals surface area contributed by atoms with Gasteiger partial charge in [-0.1, -0.05) is 44.2 Å². The summed E-state index contributed by atoms with van der Waals surface area (Å²) in [5.41, 5.74) is 7.71. The van der Waals surface area contributed by atoms with Crippen molar-refractivity contribution in [1.29, 1.82) is 0 Å². The van der Waals surface area contributed by atoms with Gasteiger partial charge in [-0.15, -0.1) is 0 Å². The number of pyridine rings is 1. The van der Waals surface area contributed by atoms with E-state index in [1.54, 1.807) is 12.4 Å². The first kappa shape index (κ1) is 14.8. The topological polar surface area (TPSA) is 38.9 Å². The van der Waals surface area contributed by atoms with E-state index >= 15 is 0 Å². The Morgan fingerprint density at radius 3 is 3.00 bits per heavy atom. The Hall–Kier alpha value is -0.600. The zero-order chi connectivity index (χ0) is 13.7. The van der Waals surface area contributed by atoms with Crippen molar-refractivity contribution in [3.05, 3.63) is 29.0 Å². The Morgan fingerprint density at radius 1 is 1.42 bits per heavy atom. The Balaban J connectivity index is 2.01. The molecule has 1 fully saturated rings. The number of rotatable bonds is 4. The van der Waals surface area contributed by atoms with Crippen LogP contribution in [-0.2, 0) is 6.42 Å². The van der Waals surface area contributed by atoms with Gasteiger partial charge in [0.1, 0.15) is 0 Å². The van der Waals surface area contributed by atoms with Crippen LogP contribution in [0.5, 0.6) is 0 Å². The summed E-state index contributed by atoms with van der Waals surface area (Å²) >= 11 is 6.21. The Labute approximate surface area is 121 Å². The predicted molar refractivity (Wildman–Crippen MR) is 81.4 cm³/mol. The van der Waals surface area contributed by atoms with E-state index in [9.17, 15) is 0 Å². The number of hydrogen-bond acceptors (Lipinski definition) is 2. The van der Waals surface area contributed by atoms with Crippen molar-refractivity contribution in [3.8, 4) is 0 Å². The highest BCUT2D eigenvalue weighted by Gasteiger charge is 2.29. The SMILES string of the molecule is CCCC1CCCC(N)(Cc2ccncc2Cl)CC1. The van der Waals surface area contributed by atoms with Gasteiger partial charge in [-0.25, -0.2) is 0 Å². The molecule has 2 atom stereocenters. The summed E-state index contributed by atoms with van der Waals surface area (Å²) in [4.78, 5) is 4.04. The molecular weight excluding hydrogens is 256 g/mol. The molecule has 0 saturated heterocycles. The molecule has 0 spiro atoms. The lowest BCUT2D eigenvalue weighted by molar-refractivity contribution is 0.355. The Kier molecular flexibility index (Phi) is 5.23. The number of nitrogens with two attached hydrogens (primary N) is 1. The standard InChI is InChI=1S/C16H25ClN2/c1-2-4-13-5-3-8-16(18,9-6-13)11-14-7-10-19-12-15(14)17/h7,10,12-13H,2-6,8-9,11,18H2,1H3. The summed E-state index contributed by atoms with van der Waals surface area (Å²) in [5.74, 6) is 0.878. The van der Waals surface area contributed by atoms with Gasteiger partial charge in [0.2, 0.25) is 0 Å². The predicted octanol–water partition coefficient (Wildman–Crippen LogP) is 4.36. The smallest absolute Gasteiger partial charge is 0.0621 e. The Bertz CT molecular complexity index is 407. The molecule has 1 aromatic rings. The van der Waals surface area contributed by atoms with Crippen molar-refractivity contribution >= 4 is 11.6 Å². The fourth-order valence-electron chi connectivity index (χ4n) is 3.30. The van der Waals surface area contributed by atoms with Gasteiger partial charge >= 0.3 is 0 Å². The number of halogens is 1. The molecule has 2 N–H and O–H groups in total. The lowest BCUT2D eigenvalue weighted by Gasteiger charge is -2.28. The van der Waals surface area contributed by atoms with Crippen LogP contribution in [0.4, 0.5) is 0 Å². The molecule has 2 unspecified atom stereocenters. The summed E-state index contributed by atoms with van der Waals surface area (Å²) in [6.45, 7) is 2.28. The van der Waals surface area contributed by atoms with Crippen LogP contribution in [0.25, 0.3) is 0 Å². The van der Waals surface area contributed by atoms with Crippen LogP contribution in [0.15, 0.2) is 18.5 Å². The first-order chi connectivity index (χ1) is 9.13. The van der Waals surface area contributed by atoms with E-state index in [0.29, 0.717) is 0 Å². The number of nitrogens with zero attached hydrogens (tertiary/aromatic N) is 1. The summed E-state index contributed by atoms with van der Waals surface area (Å²) in [6.07, 6.45) is 13.2. The van der Waals surface area contributed by atoms with Gasteiger partial charge in [-0.05, 0) is 43.2 Å². The number of hydrogen-bond donors (Lipinski definition) is 1. The van der Waals surface area contributed by atoms with Crippen LogP contribution in [0.3, 0.4) is 0 Å². The highest BCUT2D eigenvalue weighted by Crippen LogP contribution is 2.34. The molecule has 0 amide bonds. The van der Waals surface area contributed by atoms with Crippen molar-refractivity contribution in [2.24, 2.45) is 11.7 Å². The molecule has 0 aliphatic heterocycles. The van der Waals surface area contributed by atoms with Crippen LogP contribution < -0.4 is 5.73 Å². The van der Waals surface area contributed by atoms with Gasteiger partial charge < -0.3 is 5.73 Å². The van der Waals surface area contributed by atoms with Crippen LogP contribution in [0.1, 0.15) is 57.4 Å². The second-order valence-corrected chi connectivity index (χ2v) is 6.50. The molecule has 1 aliphatic carbocycles. The van der Waals surface area contributed by atoms with Crippen molar-refractivity contribution in [2.75, 3.05) is 0 Å². The monoisotopic (exact) mass is 280 g/mol. The van der Waals surface area contributed by atoms with E-state index < -0.39 is 0 Å². The van der Waals surface area contributed by atoms with E-state index in [-0.39, 0.29) is 5.54 Å². The third kappa shape index (κ3) is 4.19. The molecule has 1 saturated carbocycles. The molecule has 1 heterocycles. The number of aromatic nitrogens is 1. The Morgan fingerprint density at radius 2 is 2.26 bits per heavy atom. The van der Waals surface area contributed by atoms with Crippen LogP contribution in [0.2, 0.25) is 5.02 Å². The van der Waals surface area contributed by atoms with Crippen molar-refractivity contribution in [1.82, 2.24) is 4.98 Å². The minimum Gasteiger partial charge on any atom is -0.325 e. The maximum absolute atomic E-state index is 6.64. The molecule has 0 aromatic carbocycles. The van der Waals surface area contributed by atoms with Crippen LogP contribution in [-0.4, -0.2) is 10.5 Å². The lowest BCUT2D eigenvalue weighted by Crippen LogP contribution is -2.41. The van der Waals surface area contributed by atoms with Crippen LogP contribution >= 0.6 is 11.6 Å². The largest absolute Gasteiger partial charge is 0.325 e. The molecule has 2 nitrogen and oxygen atoms in total. The summed E-state index contributed by atoms with van der Waals surface area (Å²) in [6, 6.07) is 2.01. The maximum atomic E-state index is 6.64. The zero-order valence-electron chi connectivity index (χ0n) is 11.9. The average Bonchev–Trinajstić information content (AvgIpc) is 2.56. The molecular formula is C16H25ClN2. The summed E-state index contributed by atoms with van der Waals surface area (Å²) in [5, 5.41) is 0.752. The van der Waals surface area contributed by atoms with Crippen molar-refractivity contribution < 1.29 is 0 Å². The third-order valence-corrected chi connectivity index (χ3v) is 4.77. The average molecular weight is 281 g/mol. The van der Waals surface area contributed by atoms with Gasteiger partial charge in [0.25, 0.3) is 0 Å². The third-order valence-electron chi connectivity index (χ3n) is 4.43. The second-order valence-electron chi connectivity index (χ2n) is 6.09. The molecule has 106 valence electrons. The molecule has 19 heavy (non-hydrogen) atoms. The molecule has 2 rings (SSSR count). The normalized spacial score (nSPS) is 28.1. The lowest BCUT2D eigenvalue weighted by atomic mass is 9.84. The highest BCUT2D eigenvalue weighted by molar-refractivity contribution is 6.31. The molecule has 3 heteroatoms. The highest BCUT2D eigenvalue weighted by atomic mass is 35.5. The van der Waals surface area contributed by atoms with Gasteiger partial charge in [0, 0.05) is 17.9 Å². The van der Waals surface area contributed by atoms with Crippen LogP contribution in [0, 0.1) is 5.92 Å². The van der Waals surface area contributed by atoms with E-state index in [4.69, 9.17) is 17.3 Å². The first-order valence-corrected chi connectivity index (χ1v) is 7.88. The fourth-order valence-corrected chi connectivity index (χ4v) is 3.49. The second kappa shape index (κ2) is 6.71. The molecule has 0 bridgehead atoms. The van der Waals surface area contributed by atoms with E-state index in [1.807, 2.05) is 6.07 Å². The molecule has 1 aromatic heterocycles. The van der Waals surface area contributed by atoms with Crippen molar-refractivity contribution in [2.45, 2.75) is 63.8 Å². The molecule has 1 aliphatic rings. The summed E-state index contributed by atoms with van der Waals surface area (Å²) in [7, 11) is 0.